The largest absolute Gasteiger partial charge is 0.341 e. The van der Waals surface area contributed by atoms with Crippen molar-refractivity contribution in [3.8, 4) is 0 Å². The molecule has 0 radical (unpaired) electrons. The molecule has 2 saturated heterocycles. The second-order valence-electron chi connectivity index (χ2n) is 6.39. The lowest BCUT2D eigenvalue weighted by atomic mass is 10.1. The number of amides is 2. The van der Waals surface area contributed by atoms with Gasteiger partial charge in [0.25, 0.3) is 0 Å². The van der Waals surface area contributed by atoms with Gasteiger partial charge in [0.1, 0.15) is 5.82 Å². The average Bonchev–Trinajstić information content (AvgIpc) is 3.09. The van der Waals surface area contributed by atoms with E-state index in [1.807, 2.05) is 0 Å². The first-order valence-electron chi connectivity index (χ1n) is 7.80. The quantitative estimate of drug-likeness (QED) is 0.806. The van der Waals surface area contributed by atoms with E-state index in [0.29, 0.717) is 12.1 Å². The first-order chi connectivity index (χ1) is 11.3. The fourth-order valence-electron chi connectivity index (χ4n) is 3.29. The molecule has 2 unspecified atom stereocenters. The van der Waals surface area contributed by atoms with Gasteiger partial charge in [-0.2, -0.15) is 0 Å². The Kier molecular flexibility index (Phi) is 4.33. The fourth-order valence-corrected chi connectivity index (χ4v) is 5.07. The van der Waals surface area contributed by atoms with Crippen LogP contribution in [0, 0.1) is 11.7 Å². The lowest BCUT2D eigenvalue weighted by Crippen LogP contribution is -2.42. The van der Waals surface area contributed by atoms with Crippen LogP contribution in [0.3, 0.4) is 0 Å². The SMILES string of the molecule is CN(C(=O)C1CC(=O)N(c2ccc(F)cc2)C1)C1CCS(=O)(=O)C1. The Bertz CT molecular complexity index is 763. The predicted molar refractivity (Wildman–Crippen MR) is 86.7 cm³/mol. The van der Waals surface area contributed by atoms with Crippen LogP contribution in [0.1, 0.15) is 12.8 Å². The first-order valence-corrected chi connectivity index (χ1v) is 9.62. The number of benzene rings is 1. The molecule has 1 aromatic carbocycles. The molecule has 1 aromatic rings. The van der Waals surface area contributed by atoms with Gasteiger partial charge >= 0.3 is 0 Å². The summed E-state index contributed by atoms with van der Waals surface area (Å²) in [4.78, 5) is 27.7. The van der Waals surface area contributed by atoms with E-state index in [0.717, 1.165) is 0 Å². The van der Waals surface area contributed by atoms with Crippen LogP contribution < -0.4 is 4.90 Å². The first kappa shape index (κ1) is 16.9. The molecule has 0 bridgehead atoms. The van der Waals surface area contributed by atoms with Crippen LogP contribution in [0.25, 0.3) is 0 Å². The Morgan fingerprint density at radius 2 is 1.96 bits per heavy atom. The molecule has 3 rings (SSSR count). The van der Waals surface area contributed by atoms with Crippen LogP contribution in [-0.2, 0) is 19.4 Å². The summed E-state index contributed by atoms with van der Waals surface area (Å²) in [7, 11) is -1.48. The van der Waals surface area contributed by atoms with E-state index >= 15 is 0 Å². The van der Waals surface area contributed by atoms with E-state index in [-0.39, 0.29) is 48.1 Å². The van der Waals surface area contributed by atoms with Crippen LogP contribution in [0.5, 0.6) is 0 Å². The molecule has 2 atom stereocenters. The van der Waals surface area contributed by atoms with Crippen LogP contribution in [0.15, 0.2) is 24.3 Å². The summed E-state index contributed by atoms with van der Waals surface area (Å²) >= 11 is 0. The lowest BCUT2D eigenvalue weighted by Gasteiger charge is -2.26. The van der Waals surface area contributed by atoms with Gasteiger partial charge in [0.15, 0.2) is 9.84 Å². The van der Waals surface area contributed by atoms with Crippen molar-refractivity contribution in [2.75, 3.05) is 30.0 Å². The molecule has 0 N–H and O–H groups in total. The van der Waals surface area contributed by atoms with Crippen molar-refractivity contribution in [1.82, 2.24) is 4.90 Å². The summed E-state index contributed by atoms with van der Waals surface area (Å²) in [5, 5.41) is 0. The summed E-state index contributed by atoms with van der Waals surface area (Å²) in [5.41, 5.74) is 0.558. The number of nitrogens with zero attached hydrogens (tertiary/aromatic N) is 2. The number of carbonyl (C=O) groups excluding carboxylic acids is 2. The van der Waals surface area contributed by atoms with Gasteiger partial charge < -0.3 is 9.80 Å². The summed E-state index contributed by atoms with van der Waals surface area (Å²) in [6.45, 7) is 0.229. The Morgan fingerprint density at radius 3 is 2.54 bits per heavy atom. The van der Waals surface area contributed by atoms with Crippen molar-refractivity contribution in [1.29, 1.82) is 0 Å². The molecular weight excluding hydrogens is 335 g/mol. The minimum absolute atomic E-state index is 0.0163. The van der Waals surface area contributed by atoms with Gasteiger partial charge in [0.05, 0.1) is 17.4 Å². The van der Waals surface area contributed by atoms with Gasteiger partial charge in [0.2, 0.25) is 11.8 Å². The van der Waals surface area contributed by atoms with Crippen LogP contribution in [0.4, 0.5) is 10.1 Å². The molecule has 0 aliphatic carbocycles. The third kappa shape index (κ3) is 3.28. The molecule has 0 spiro atoms. The third-order valence-electron chi connectivity index (χ3n) is 4.72. The molecule has 8 heteroatoms. The zero-order chi connectivity index (χ0) is 17.5. The van der Waals surface area contributed by atoms with Gasteiger partial charge in [-0.25, -0.2) is 12.8 Å². The minimum atomic E-state index is -3.07. The number of carbonyl (C=O) groups is 2. The highest BCUT2D eigenvalue weighted by Crippen LogP contribution is 2.28. The molecule has 0 saturated carbocycles. The van der Waals surface area contributed by atoms with Crippen LogP contribution >= 0.6 is 0 Å². The van der Waals surface area contributed by atoms with E-state index in [1.54, 1.807) is 7.05 Å². The number of rotatable bonds is 3. The smallest absolute Gasteiger partial charge is 0.228 e. The molecule has 130 valence electrons. The number of hydrogen-bond donors (Lipinski definition) is 0. The standard InChI is InChI=1S/C16H19FN2O4S/c1-18(14-6-7-24(22,23)10-14)16(21)11-8-15(20)19(9-11)13-4-2-12(17)3-5-13/h2-5,11,14H,6-10H2,1H3. The monoisotopic (exact) mass is 354 g/mol. The lowest BCUT2D eigenvalue weighted by molar-refractivity contribution is -0.136. The number of sulfone groups is 1. The van der Waals surface area contributed by atoms with Crippen molar-refractivity contribution < 1.29 is 22.4 Å². The van der Waals surface area contributed by atoms with Crippen LogP contribution in [0.2, 0.25) is 0 Å². The zero-order valence-corrected chi connectivity index (χ0v) is 14.1. The summed E-state index contributed by atoms with van der Waals surface area (Å²) in [6, 6.07) is 5.24. The summed E-state index contributed by atoms with van der Waals surface area (Å²) < 4.78 is 36.2. The fraction of sp³-hybridized carbons (Fsp3) is 0.500. The van der Waals surface area contributed by atoms with E-state index in [9.17, 15) is 22.4 Å². The molecule has 0 aromatic heterocycles. The summed E-state index contributed by atoms with van der Waals surface area (Å²) in [6.07, 6.45) is 0.521. The molecular formula is C16H19FN2O4S. The molecule has 24 heavy (non-hydrogen) atoms. The minimum Gasteiger partial charge on any atom is -0.341 e. The molecule has 2 fully saturated rings. The zero-order valence-electron chi connectivity index (χ0n) is 13.3. The van der Waals surface area contributed by atoms with Gasteiger partial charge in [-0.1, -0.05) is 0 Å². The highest BCUT2D eigenvalue weighted by Gasteiger charge is 2.40. The highest BCUT2D eigenvalue weighted by molar-refractivity contribution is 7.91. The van der Waals surface area contributed by atoms with Crippen molar-refractivity contribution in [3.63, 3.8) is 0 Å². The normalized spacial score (nSPS) is 25.9. The van der Waals surface area contributed by atoms with Crippen LogP contribution in [-0.4, -0.2) is 56.3 Å². The average molecular weight is 354 g/mol. The van der Waals surface area contributed by atoms with Gasteiger partial charge in [-0.15, -0.1) is 0 Å². The van der Waals surface area contributed by atoms with E-state index < -0.39 is 15.8 Å². The highest BCUT2D eigenvalue weighted by atomic mass is 32.2. The predicted octanol–water partition coefficient (Wildman–Crippen LogP) is 0.824. The Hall–Kier alpha value is -1.96. The molecule has 2 aliphatic rings. The van der Waals surface area contributed by atoms with Crippen molar-refractivity contribution in [2.24, 2.45) is 5.92 Å². The number of hydrogen-bond acceptors (Lipinski definition) is 4. The van der Waals surface area contributed by atoms with E-state index in [1.165, 1.54) is 34.1 Å². The second kappa shape index (κ2) is 6.16. The number of anilines is 1. The molecule has 2 heterocycles. The summed E-state index contributed by atoms with van der Waals surface area (Å²) in [5.74, 6) is -1.21. The maximum atomic E-state index is 13.0. The van der Waals surface area contributed by atoms with E-state index in [4.69, 9.17) is 0 Å². The topological polar surface area (TPSA) is 74.8 Å². The maximum Gasteiger partial charge on any atom is 0.228 e. The van der Waals surface area contributed by atoms with Gasteiger partial charge in [0, 0.05) is 31.7 Å². The third-order valence-corrected chi connectivity index (χ3v) is 6.47. The molecule has 2 amide bonds. The second-order valence-corrected chi connectivity index (χ2v) is 8.62. The Morgan fingerprint density at radius 1 is 1.29 bits per heavy atom. The molecule has 6 nitrogen and oxygen atoms in total. The maximum absolute atomic E-state index is 13.0. The van der Waals surface area contributed by atoms with Gasteiger partial charge in [-0.05, 0) is 30.7 Å². The molecule has 2 aliphatic heterocycles. The Labute approximate surface area is 140 Å². The van der Waals surface area contributed by atoms with E-state index in [2.05, 4.69) is 0 Å². The van der Waals surface area contributed by atoms with Crippen molar-refractivity contribution in [3.05, 3.63) is 30.1 Å². The Balaban J connectivity index is 1.69. The number of halogens is 1. The van der Waals surface area contributed by atoms with Crippen molar-refractivity contribution in [2.45, 2.75) is 18.9 Å². The van der Waals surface area contributed by atoms with Gasteiger partial charge in [-0.3, -0.25) is 9.59 Å². The van der Waals surface area contributed by atoms with Crippen molar-refractivity contribution >= 4 is 27.3 Å².